The molecule has 102 valence electrons. The van der Waals surface area contributed by atoms with E-state index in [4.69, 9.17) is 0 Å². The first-order valence-corrected chi connectivity index (χ1v) is 6.89. The number of benzene rings is 1. The summed E-state index contributed by atoms with van der Waals surface area (Å²) in [7, 11) is 1.99. The predicted molar refractivity (Wildman–Crippen MR) is 76.6 cm³/mol. The summed E-state index contributed by atoms with van der Waals surface area (Å²) in [5, 5.41) is 17.7. The van der Waals surface area contributed by atoms with Crippen molar-refractivity contribution in [1.29, 1.82) is 0 Å². The van der Waals surface area contributed by atoms with Gasteiger partial charge in [0.25, 0.3) is 0 Å². The number of halogens is 1. The molecule has 2 rings (SSSR count). The van der Waals surface area contributed by atoms with E-state index in [0.29, 0.717) is 6.54 Å². The molecule has 1 unspecified atom stereocenters. The molecule has 0 aliphatic rings. The van der Waals surface area contributed by atoms with Crippen LogP contribution in [0.2, 0.25) is 0 Å². The van der Waals surface area contributed by atoms with Crippen LogP contribution in [0.15, 0.2) is 41.4 Å². The van der Waals surface area contributed by atoms with Crippen molar-refractivity contribution in [3.05, 3.63) is 47.0 Å². The Balaban J connectivity index is 1.85. The van der Waals surface area contributed by atoms with Crippen LogP contribution in [-0.2, 0) is 6.54 Å². The molecule has 0 aliphatic heterocycles. The molecule has 1 aromatic carbocycles. The average Bonchev–Trinajstić information content (AvgIpc) is 2.90. The number of hydrogen-bond donors (Lipinski definition) is 1. The predicted octanol–water partition coefficient (Wildman–Crippen LogP) is 1.71. The third-order valence-corrected chi connectivity index (χ3v) is 3.68. The first kappa shape index (κ1) is 14.2. The summed E-state index contributed by atoms with van der Waals surface area (Å²) in [6.45, 7) is 2.23. The maximum atomic E-state index is 10.2. The lowest BCUT2D eigenvalue weighted by Crippen LogP contribution is -2.28. The second-order valence-corrected chi connectivity index (χ2v) is 5.35. The van der Waals surface area contributed by atoms with Crippen LogP contribution in [0, 0.1) is 0 Å². The molecule has 6 heteroatoms. The number of hydrogen-bond acceptors (Lipinski definition) is 4. The van der Waals surface area contributed by atoms with Crippen LogP contribution in [0.3, 0.4) is 0 Å². The van der Waals surface area contributed by atoms with E-state index in [1.807, 2.05) is 35.9 Å². The molecule has 0 amide bonds. The molecular weight excluding hydrogens is 308 g/mol. The maximum absolute atomic E-state index is 10.2. The van der Waals surface area contributed by atoms with E-state index in [9.17, 15) is 5.11 Å². The number of likely N-dealkylation sites (N-methyl/N-ethyl adjacent to an activating group) is 1. The Morgan fingerprint density at radius 1 is 1.32 bits per heavy atom. The Kier molecular flexibility index (Phi) is 5.07. The zero-order valence-electron chi connectivity index (χ0n) is 10.8. The highest BCUT2D eigenvalue weighted by atomic mass is 79.9. The molecule has 1 aromatic heterocycles. The van der Waals surface area contributed by atoms with Crippen LogP contribution < -0.4 is 0 Å². The van der Waals surface area contributed by atoms with Gasteiger partial charge in [-0.1, -0.05) is 34.1 Å². The summed E-state index contributed by atoms with van der Waals surface area (Å²) in [6.07, 6.45) is 2.89. The van der Waals surface area contributed by atoms with Crippen LogP contribution in [0.25, 0.3) is 0 Å². The molecule has 1 heterocycles. The monoisotopic (exact) mass is 324 g/mol. The van der Waals surface area contributed by atoms with Crippen molar-refractivity contribution in [3.63, 3.8) is 0 Å². The van der Waals surface area contributed by atoms with Crippen molar-refractivity contribution in [2.24, 2.45) is 0 Å². The SMILES string of the molecule is CN(CCn1cnnc1)CC(O)c1ccccc1Br. The van der Waals surface area contributed by atoms with Gasteiger partial charge in [0.1, 0.15) is 12.7 Å². The van der Waals surface area contributed by atoms with Crippen molar-refractivity contribution in [2.75, 3.05) is 20.1 Å². The van der Waals surface area contributed by atoms with E-state index >= 15 is 0 Å². The summed E-state index contributed by atoms with van der Waals surface area (Å²) < 4.78 is 2.86. The van der Waals surface area contributed by atoms with Gasteiger partial charge in [0.2, 0.25) is 0 Å². The molecule has 0 saturated heterocycles. The Hall–Kier alpha value is -1.24. The maximum Gasteiger partial charge on any atom is 0.119 e. The van der Waals surface area contributed by atoms with Gasteiger partial charge in [-0.2, -0.15) is 0 Å². The van der Waals surface area contributed by atoms with Gasteiger partial charge in [0.15, 0.2) is 0 Å². The fourth-order valence-electron chi connectivity index (χ4n) is 1.85. The Morgan fingerprint density at radius 2 is 2.00 bits per heavy atom. The first-order chi connectivity index (χ1) is 9.16. The number of aliphatic hydroxyl groups is 1. The minimum Gasteiger partial charge on any atom is -0.387 e. The number of aliphatic hydroxyl groups excluding tert-OH is 1. The van der Waals surface area contributed by atoms with Crippen LogP contribution in [0.4, 0.5) is 0 Å². The molecule has 0 bridgehead atoms. The van der Waals surface area contributed by atoms with Crippen LogP contribution in [0.1, 0.15) is 11.7 Å². The van der Waals surface area contributed by atoms with Gasteiger partial charge in [-0.25, -0.2) is 0 Å². The third-order valence-electron chi connectivity index (χ3n) is 2.96. The molecule has 0 aliphatic carbocycles. The fraction of sp³-hybridized carbons (Fsp3) is 0.385. The molecule has 19 heavy (non-hydrogen) atoms. The van der Waals surface area contributed by atoms with Crippen LogP contribution >= 0.6 is 15.9 Å². The molecule has 0 fully saturated rings. The van der Waals surface area contributed by atoms with Crippen molar-refractivity contribution in [1.82, 2.24) is 19.7 Å². The van der Waals surface area contributed by atoms with E-state index in [1.165, 1.54) is 0 Å². The number of rotatable bonds is 6. The molecule has 2 aromatic rings. The average molecular weight is 325 g/mol. The normalized spacial score (nSPS) is 12.8. The van der Waals surface area contributed by atoms with E-state index < -0.39 is 6.10 Å². The van der Waals surface area contributed by atoms with Gasteiger partial charge in [0, 0.05) is 24.1 Å². The van der Waals surface area contributed by atoms with Gasteiger partial charge in [0.05, 0.1) is 6.10 Å². The second kappa shape index (κ2) is 6.79. The summed E-state index contributed by atoms with van der Waals surface area (Å²) in [5.74, 6) is 0. The van der Waals surface area contributed by atoms with Crippen molar-refractivity contribution in [2.45, 2.75) is 12.6 Å². The quantitative estimate of drug-likeness (QED) is 0.878. The Bertz CT molecular complexity index is 503. The highest BCUT2D eigenvalue weighted by Gasteiger charge is 2.13. The second-order valence-electron chi connectivity index (χ2n) is 4.50. The smallest absolute Gasteiger partial charge is 0.119 e. The zero-order valence-corrected chi connectivity index (χ0v) is 12.4. The molecule has 1 N–H and O–H groups in total. The highest BCUT2D eigenvalue weighted by molar-refractivity contribution is 9.10. The zero-order chi connectivity index (χ0) is 13.7. The Labute approximate surface area is 121 Å². The van der Waals surface area contributed by atoms with E-state index in [1.54, 1.807) is 12.7 Å². The van der Waals surface area contributed by atoms with Crippen LogP contribution in [0.5, 0.6) is 0 Å². The molecule has 1 atom stereocenters. The molecule has 0 saturated carbocycles. The summed E-state index contributed by atoms with van der Waals surface area (Å²) in [6, 6.07) is 7.74. The number of nitrogens with zero attached hydrogens (tertiary/aromatic N) is 4. The van der Waals surface area contributed by atoms with E-state index in [2.05, 4.69) is 31.0 Å². The van der Waals surface area contributed by atoms with E-state index in [0.717, 1.165) is 23.1 Å². The van der Waals surface area contributed by atoms with Crippen molar-refractivity contribution < 1.29 is 5.11 Å². The molecule has 5 nitrogen and oxygen atoms in total. The molecular formula is C13H17BrN4O. The van der Waals surface area contributed by atoms with Crippen molar-refractivity contribution in [3.8, 4) is 0 Å². The topological polar surface area (TPSA) is 54.2 Å². The Morgan fingerprint density at radius 3 is 2.68 bits per heavy atom. The fourth-order valence-corrected chi connectivity index (χ4v) is 2.40. The summed E-state index contributed by atoms with van der Waals surface area (Å²) in [5.41, 5.74) is 0.915. The summed E-state index contributed by atoms with van der Waals surface area (Å²) >= 11 is 3.46. The standard InChI is InChI=1S/C13H17BrN4O/c1-17(6-7-18-9-15-16-10-18)8-13(19)11-4-2-3-5-12(11)14/h2-5,9-10,13,19H,6-8H2,1H3. The molecule has 0 radical (unpaired) electrons. The van der Waals surface area contributed by atoms with Gasteiger partial charge in [-0.15, -0.1) is 10.2 Å². The largest absolute Gasteiger partial charge is 0.387 e. The lowest BCUT2D eigenvalue weighted by atomic mass is 10.1. The van der Waals surface area contributed by atoms with Gasteiger partial charge in [-0.3, -0.25) is 0 Å². The number of aromatic nitrogens is 3. The lowest BCUT2D eigenvalue weighted by molar-refractivity contribution is 0.124. The van der Waals surface area contributed by atoms with Gasteiger partial charge in [-0.05, 0) is 18.7 Å². The highest BCUT2D eigenvalue weighted by Crippen LogP contribution is 2.23. The summed E-state index contributed by atoms with van der Waals surface area (Å²) in [4.78, 5) is 2.09. The van der Waals surface area contributed by atoms with Gasteiger partial charge < -0.3 is 14.6 Å². The lowest BCUT2D eigenvalue weighted by Gasteiger charge is -2.21. The van der Waals surface area contributed by atoms with Crippen molar-refractivity contribution >= 4 is 15.9 Å². The minimum atomic E-state index is -0.499. The third kappa shape index (κ3) is 4.12. The van der Waals surface area contributed by atoms with Crippen LogP contribution in [-0.4, -0.2) is 44.9 Å². The van der Waals surface area contributed by atoms with Gasteiger partial charge >= 0.3 is 0 Å². The minimum absolute atomic E-state index is 0.499. The molecule has 0 spiro atoms. The van der Waals surface area contributed by atoms with E-state index in [-0.39, 0.29) is 0 Å². The first-order valence-electron chi connectivity index (χ1n) is 6.10.